The van der Waals surface area contributed by atoms with Gasteiger partial charge >= 0.3 is 21.2 Å². The summed E-state index contributed by atoms with van der Waals surface area (Å²) < 4.78 is 57.3. The van der Waals surface area contributed by atoms with E-state index in [9.17, 15) is 0 Å². The molecule has 0 aromatic heterocycles. The number of nitrogens with zero attached hydrogens (tertiary/aromatic N) is 8. The minimum Gasteiger partial charge on any atom is -0.316 e. The van der Waals surface area contributed by atoms with E-state index in [4.69, 9.17) is 81.1 Å². The van der Waals surface area contributed by atoms with Gasteiger partial charge in [-0.25, -0.2) is 9.34 Å². The van der Waals surface area contributed by atoms with Crippen LogP contribution in [0.15, 0.2) is 27.1 Å². The molecule has 6 aliphatic rings. The van der Waals surface area contributed by atoms with E-state index in [1.54, 1.807) is 0 Å². The summed E-state index contributed by atoms with van der Waals surface area (Å²) in [6, 6.07) is 0. The predicted octanol–water partition coefficient (Wildman–Crippen LogP) is 9.89. The molecule has 3 spiro atoms. The van der Waals surface area contributed by atoms with E-state index in [0.29, 0.717) is 32.8 Å². The molecule has 0 amide bonds. The quantitative estimate of drug-likeness (QED) is 0.209. The number of unbranched alkanes of at least 4 members (excludes halogenated alkanes) is 1. The van der Waals surface area contributed by atoms with Crippen LogP contribution in [0.5, 0.6) is 0 Å². The second-order valence-electron chi connectivity index (χ2n) is 9.74. The van der Waals surface area contributed by atoms with Crippen LogP contribution in [0.3, 0.4) is 0 Å². The topological polar surface area (TPSA) is 142 Å². The zero-order chi connectivity index (χ0) is 28.0. The molecule has 3 saturated heterocycles. The molecule has 4 unspecified atom stereocenters. The third-order valence-electron chi connectivity index (χ3n) is 6.69. The summed E-state index contributed by atoms with van der Waals surface area (Å²) in [5.74, 6) is -3.00. The van der Waals surface area contributed by atoms with Crippen LogP contribution in [0, 0.1) is 0 Å². The summed E-state index contributed by atoms with van der Waals surface area (Å²) in [7, 11) is -8.09. The molecule has 6 aliphatic heterocycles. The van der Waals surface area contributed by atoms with Gasteiger partial charge in [-0.15, -0.1) is 0 Å². The maximum atomic E-state index is 6.84. The lowest BCUT2D eigenvalue weighted by atomic mass is 10.3. The zero-order valence-corrected chi connectivity index (χ0v) is 30.1. The number of rotatable bonds is 5. The van der Waals surface area contributed by atoms with Crippen molar-refractivity contribution in [2.45, 2.75) is 38.5 Å². The van der Waals surface area contributed by atoms with Crippen molar-refractivity contribution >= 4 is 87.1 Å². The number of fused-ring (bicyclic) bond motifs is 1. The molecule has 40 heavy (non-hydrogen) atoms. The lowest BCUT2D eigenvalue weighted by molar-refractivity contribution is 0.174. The van der Waals surface area contributed by atoms with Crippen LogP contribution in [0.1, 0.15) is 38.5 Å². The third kappa shape index (κ3) is 7.12. The Balaban J connectivity index is 1.19. The minimum atomic E-state index is -3.00. The number of hydrogen-bond donors (Lipinski definition) is 2. The second kappa shape index (κ2) is 12.8. The fourth-order valence-corrected chi connectivity index (χ4v) is 31.2. The molecule has 4 atom stereocenters. The van der Waals surface area contributed by atoms with Crippen molar-refractivity contribution in [1.29, 1.82) is 0 Å². The van der Waals surface area contributed by atoms with Gasteiger partial charge in [-0.1, -0.05) is 0 Å². The highest BCUT2D eigenvalue weighted by molar-refractivity contribution is 8.13. The number of hydrogen-bond acceptors (Lipinski definition) is 14. The smallest absolute Gasteiger partial charge is 0.316 e. The average Bonchev–Trinajstić information content (AvgIpc) is 2.86. The van der Waals surface area contributed by atoms with Crippen molar-refractivity contribution in [1.82, 2.24) is 19.5 Å². The highest BCUT2D eigenvalue weighted by Gasteiger charge is 2.44. The standard InChI is InChI=1S/C16H34Cl4N10O4P6/c17-35(18)23-38(28-40(24-35)33-15-6-16-34-40)21-7-3-11-29(38)9-1-2-10-30-12-4-8-22-39(30)26-36(19)25-37(20,27-39)32-14-5-13-31-36/h21-22H,1-16H2. The third-order valence-corrected chi connectivity index (χ3v) is 28.9. The zero-order valence-electron chi connectivity index (χ0n) is 21.7. The molecule has 0 aromatic rings. The molecule has 6 rings (SSSR count). The van der Waals surface area contributed by atoms with E-state index in [2.05, 4.69) is 28.5 Å². The van der Waals surface area contributed by atoms with Gasteiger partial charge in [0.25, 0.3) is 5.91 Å². The molecule has 0 aromatic carbocycles. The Morgan fingerprint density at radius 1 is 0.575 bits per heavy atom. The number of nitrogens with one attached hydrogen (secondary N) is 2. The lowest BCUT2D eigenvalue weighted by Gasteiger charge is -2.42. The van der Waals surface area contributed by atoms with Gasteiger partial charge in [-0.05, 0) is 83.5 Å². The van der Waals surface area contributed by atoms with Gasteiger partial charge in [0.05, 0.1) is 26.4 Å². The maximum Gasteiger partial charge on any atom is 0.345 e. The van der Waals surface area contributed by atoms with Crippen molar-refractivity contribution in [3.05, 3.63) is 0 Å². The number of halogens is 4. The first kappa shape index (κ1) is 32.2. The largest absolute Gasteiger partial charge is 0.345 e. The summed E-state index contributed by atoms with van der Waals surface area (Å²) in [5.41, 5.74) is 0. The summed E-state index contributed by atoms with van der Waals surface area (Å²) in [6.45, 7) is 0.786. The fourth-order valence-electron chi connectivity index (χ4n) is 4.99. The van der Waals surface area contributed by atoms with Crippen molar-refractivity contribution in [2.24, 2.45) is 27.1 Å². The van der Waals surface area contributed by atoms with E-state index >= 15 is 0 Å². The van der Waals surface area contributed by atoms with Gasteiger partial charge in [0.15, 0.2) is 0 Å². The lowest BCUT2D eigenvalue weighted by Crippen LogP contribution is -2.37. The SMILES string of the molecule is ClP1(Cl)=NP2(=NP3(=N1)OCCCO3)NCCCN2CCCCN1CCCNP12=NP1(Cl)=NP(Cl)(=N2)OCCCO1. The molecule has 2 N–H and O–H groups in total. The Morgan fingerprint density at radius 3 is 1.70 bits per heavy atom. The molecule has 3 fully saturated rings. The van der Waals surface area contributed by atoms with Crippen molar-refractivity contribution in [2.75, 3.05) is 65.7 Å². The molecule has 14 nitrogen and oxygen atoms in total. The second-order valence-corrected chi connectivity index (χ2v) is 28.9. The van der Waals surface area contributed by atoms with Crippen LogP contribution in [0.25, 0.3) is 0 Å². The van der Waals surface area contributed by atoms with Crippen molar-refractivity contribution in [3.8, 4) is 0 Å². The Hall–Kier alpha value is 2.22. The maximum absolute atomic E-state index is 6.84. The van der Waals surface area contributed by atoms with E-state index in [0.717, 1.165) is 71.4 Å². The predicted molar refractivity (Wildman–Crippen MR) is 170 cm³/mol. The first-order valence-corrected chi connectivity index (χ1v) is 26.6. The molecule has 2 bridgehead atoms. The summed E-state index contributed by atoms with van der Waals surface area (Å²) in [4.78, 5) is 0. The molecular formula is C16H34Cl4N10O4P6. The van der Waals surface area contributed by atoms with E-state index < -0.39 is 42.2 Å². The normalized spacial score (nSPS) is 41.4. The molecular weight excluding hydrogens is 724 g/mol. The minimum absolute atomic E-state index is 0.438. The fraction of sp³-hybridized carbons (Fsp3) is 1.00. The summed E-state index contributed by atoms with van der Waals surface area (Å²) in [5, 5.41) is 7.11. The average molecular weight is 758 g/mol. The van der Waals surface area contributed by atoms with Gasteiger partial charge in [0.1, 0.15) is 0 Å². The first-order valence-electron chi connectivity index (χ1n) is 13.3. The first-order chi connectivity index (χ1) is 19.1. The van der Waals surface area contributed by atoms with Gasteiger partial charge in [0, 0.05) is 39.3 Å². The van der Waals surface area contributed by atoms with Crippen LogP contribution in [0.4, 0.5) is 0 Å². The molecule has 230 valence electrons. The molecule has 0 aliphatic carbocycles. The van der Waals surface area contributed by atoms with Gasteiger partial charge in [0.2, 0.25) is 15.0 Å². The Labute approximate surface area is 254 Å². The van der Waals surface area contributed by atoms with Crippen LogP contribution >= 0.6 is 87.1 Å². The van der Waals surface area contributed by atoms with Crippen molar-refractivity contribution in [3.63, 3.8) is 0 Å². The Kier molecular flexibility index (Phi) is 10.3. The van der Waals surface area contributed by atoms with Crippen molar-refractivity contribution < 1.29 is 18.1 Å². The van der Waals surface area contributed by atoms with E-state index in [1.807, 2.05) is 0 Å². The van der Waals surface area contributed by atoms with Crippen LogP contribution < -0.4 is 10.2 Å². The highest BCUT2D eigenvalue weighted by Crippen LogP contribution is 2.84. The molecule has 0 saturated carbocycles. The summed E-state index contributed by atoms with van der Waals surface area (Å²) in [6.07, 6.45) is 5.22. The van der Waals surface area contributed by atoms with Crippen LogP contribution in [-0.2, 0) is 18.1 Å². The van der Waals surface area contributed by atoms with E-state index in [1.165, 1.54) is 0 Å². The van der Waals surface area contributed by atoms with Gasteiger partial charge < -0.3 is 18.1 Å². The monoisotopic (exact) mass is 756 g/mol. The summed E-state index contributed by atoms with van der Waals surface area (Å²) >= 11 is 27.0. The van der Waals surface area contributed by atoms with Crippen LogP contribution in [0.2, 0.25) is 0 Å². The molecule has 0 radical (unpaired) electrons. The van der Waals surface area contributed by atoms with Gasteiger partial charge in [-0.3, -0.25) is 10.2 Å². The van der Waals surface area contributed by atoms with Crippen LogP contribution in [-0.4, -0.2) is 75.0 Å². The van der Waals surface area contributed by atoms with Gasteiger partial charge in [-0.2, -0.15) is 27.1 Å². The Morgan fingerprint density at radius 2 is 1.10 bits per heavy atom. The molecule has 24 heteroatoms. The Bertz CT molecular complexity index is 1320. The van der Waals surface area contributed by atoms with E-state index in [-0.39, 0.29) is 0 Å². The molecule has 6 heterocycles. The highest BCUT2D eigenvalue weighted by atomic mass is 35.9.